The molecule has 23 heavy (non-hydrogen) atoms. The molecule has 1 heterocycles. The number of benzene rings is 1. The number of nitrogens with one attached hydrogen (secondary N) is 2. The topological polar surface area (TPSA) is 70.6 Å². The Hall–Kier alpha value is -1.89. The van der Waals surface area contributed by atoms with E-state index in [2.05, 4.69) is 10.6 Å². The summed E-state index contributed by atoms with van der Waals surface area (Å²) in [7, 11) is 1.66. The third kappa shape index (κ3) is 5.35. The second-order valence-electron chi connectivity index (χ2n) is 5.57. The molecule has 6 heteroatoms. The van der Waals surface area contributed by atoms with Crippen LogP contribution < -0.4 is 10.6 Å². The van der Waals surface area contributed by atoms with Crippen LogP contribution in [0.1, 0.15) is 23.6 Å². The molecule has 5 nitrogen and oxygen atoms in total. The van der Waals surface area contributed by atoms with Crippen LogP contribution in [0.15, 0.2) is 41.1 Å². The Morgan fingerprint density at radius 1 is 1.22 bits per heavy atom. The fraction of sp³-hybridized carbons (Fsp3) is 0.353. The van der Waals surface area contributed by atoms with Crippen molar-refractivity contribution >= 4 is 17.4 Å². The first-order chi connectivity index (χ1) is 11.0. The molecule has 0 spiro atoms. The van der Waals surface area contributed by atoms with E-state index in [0.29, 0.717) is 13.2 Å². The molecule has 0 saturated carbocycles. The van der Waals surface area contributed by atoms with Crippen molar-refractivity contribution in [2.45, 2.75) is 25.7 Å². The molecular weight excluding hydrogens is 312 g/mol. The smallest absolute Gasteiger partial charge is 0.315 e. The van der Waals surface area contributed by atoms with E-state index >= 15 is 0 Å². The van der Waals surface area contributed by atoms with Crippen LogP contribution in [0.25, 0.3) is 0 Å². The summed E-state index contributed by atoms with van der Waals surface area (Å²) in [5.41, 5.74) is 1.83. The molecule has 0 aliphatic carbocycles. The maximum atomic E-state index is 11.9. The van der Waals surface area contributed by atoms with E-state index in [1.807, 2.05) is 41.1 Å². The summed E-state index contributed by atoms with van der Waals surface area (Å²) in [4.78, 5) is 11.9. The van der Waals surface area contributed by atoms with E-state index in [1.165, 1.54) is 11.3 Å². The van der Waals surface area contributed by atoms with Crippen LogP contribution in [0.2, 0.25) is 0 Å². The number of urea groups is 1. The maximum Gasteiger partial charge on any atom is 0.315 e. The minimum Gasteiger partial charge on any atom is -0.384 e. The minimum absolute atomic E-state index is 0.155. The lowest BCUT2D eigenvalue weighted by Gasteiger charge is -2.22. The second-order valence-corrected chi connectivity index (χ2v) is 6.35. The molecule has 1 unspecified atom stereocenters. The number of rotatable bonds is 7. The van der Waals surface area contributed by atoms with E-state index in [4.69, 9.17) is 4.74 Å². The molecule has 124 valence electrons. The Morgan fingerprint density at radius 3 is 2.52 bits per heavy atom. The van der Waals surface area contributed by atoms with Crippen LogP contribution in [-0.4, -0.2) is 24.8 Å². The SMILES string of the molecule is COCc1ccc(CNC(=O)NCC(C)(O)c2ccsc2)cc1. The molecule has 0 aliphatic rings. The number of hydrogen-bond donors (Lipinski definition) is 3. The summed E-state index contributed by atoms with van der Waals surface area (Å²) in [6.07, 6.45) is 0. The third-order valence-electron chi connectivity index (χ3n) is 3.52. The summed E-state index contributed by atoms with van der Waals surface area (Å²) in [6, 6.07) is 9.40. The quantitative estimate of drug-likeness (QED) is 0.729. The van der Waals surface area contributed by atoms with Crippen molar-refractivity contribution in [1.29, 1.82) is 0 Å². The predicted molar refractivity (Wildman–Crippen MR) is 91.3 cm³/mol. The zero-order valence-electron chi connectivity index (χ0n) is 13.3. The normalized spacial score (nSPS) is 13.3. The second kappa shape index (κ2) is 8.10. The summed E-state index contributed by atoms with van der Waals surface area (Å²) in [5, 5.41) is 19.6. The standard InChI is InChI=1S/C17H22N2O3S/c1-17(21,15-7-8-23-11-15)12-19-16(20)18-9-13-3-5-14(6-4-13)10-22-2/h3-8,11,21H,9-10,12H2,1-2H3,(H2,18,19,20). The van der Waals surface area contributed by atoms with Gasteiger partial charge in [-0.25, -0.2) is 4.79 Å². The number of aliphatic hydroxyl groups is 1. The predicted octanol–water partition coefficient (Wildman–Crippen LogP) is 2.60. The van der Waals surface area contributed by atoms with Gasteiger partial charge in [-0.1, -0.05) is 24.3 Å². The van der Waals surface area contributed by atoms with E-state index in [9.17, 15) is 9.90 Å². The molecule has 2 aromatic rings. The van der Waals surface area contributed by atoms with Gasteiger partial charge in [0, 0.05) is 13.7 Å². The van der Waals surface area contributed by atoms with Crippen LogP contribution >= 0.6 is 11.3 Å². The first-order valence-corrected chi connectivity index (χ1v) is 8.29. The highest BCUT2D eigenvalue weighted by atomic mass is 32.1. The van der Waals surface area contributed by atoms with E-state index in [1.54, 1.807) is 14.0 Å². The average Bonchev–Trinajstić information content (AvgIpc) is 3.08. The fourth-order valence-electron chi connectivity index (χ4n) is 2.09. The van der Waals surface area contributed by atoms with Gasteiger partial charge in [-0.2, -0.15) is 11.3 Å². The van der Waals surface area contributed by atoms with Crippen molar-refractivity contribution in [3.63, 3.8) is 0 Å². The lowest BCUT2D eigenvalue weighted by molar-refractivity contribution is 0.0598. The van der Waals surface area contributed by atoms with Crippen molar-refractivity contribution < 1.29 is 14.6 Å². The molecule has 0 radical (unpaired) electrons. The highest BCUT2D eigenvalue weighted by Gasteiger charge is 2.24. The molecule has 0 aliphatic heterocycles. The Morgan fingerprint density at radius 2 is 1.91 bits per heavy atom. The van der Waals surface area contributed by atoms with Gasteiger partial charge in [-0.15, -0.1) is 0 Å². The molecule has 0 fully saturated rings. The molecule has 2 amide bonds. The van der Waals surface area contributed by atoms with Crippen LogP contribution in [0.5, 0.6) is 0 Å². The summed E-state index contributed by atoms with van der Waals surface area (Å²) in [6.45, 7) is 2.84. The van der Waals surface area contributed by atoms with Gasteiger partial charge in [-0.05, 0) is 40.4 Å². The van der Waals surface area contributed by atoms with E-state index < -0.39 is 5.60 Å². The lowest BCUT2D eigenvalue weighted by Crippen LogP contribution is -2.43. The number of amides is 2. The van der Waals surface area contributed by atoms with Gasteiger partial charge in [-0.3, -0.25) is 0 Å². The van der Waals surface area contributed by atoms with E-state index in [0.717, 1.165) is 16.7 Å². The highest BCUT2D eigenvalue weighted by molar-refractivity contribution is 7.08. The largest absolute Gasteiger partial charge is 0.384 e. The van der Waals surface area contributed by atoms with Crippen molar-refractivity contribution in [3.05, 3.63) is 57.8 Å². The van der Waals surface area contributed by atoms with Crippen molar-refractivity contribution in [2.75, 3.05) is 13.7 Å². The van der Waals surface area contributed by atoms with Gasteiger partial charge in [0.25, 0.3) is 0 Å². The molecule has 1 aromatic carbocycles. The molecule has 0 bridgehead atoms. The van der Waals surface area contributed by atoms with Crippen molar-refractivity contribution in [1.82, 2.24) is 10.6 Å². The highest BCUT2D eigenvalue weighted by Crippen LogP contribution is 2.21. The first kappa shape index (κ1) is 17.5. The van der Waals surface area contributed by atoms with Gasteiger partial charge in [0.1, 0.15) is 5.60 Å². The van der Waals surface area contributed by atoms with Gasteiger partial charge < -0.3 is 20.5 Å². The Balaban J connectivity index is 1.76. The molecular formula is C17H22N2O3S. The van der Waals surface area contributed by atoms with Gasteiger partial charge >= 0.3 is 6.03 Å². The van der Waals surface area contributed by atoms with Crippen LogP contribution in [-0.2, 0) is 23.5 Å². The summed E-state index contributed by atoms with van der Waals surface area (Å²) < 4.78 is 5.06. The zero-order chi connectivity index (χ0) is 16.7. The van der Waals surface area contributed by atoms with Gasteiger partial charge in [0.05, 0.1) is 13.2 Å². The molecule has 2 rings (SSSR count). The monoisotopic (exact) mass is 334 g/mol. The summed E-state index contributed by atoms with van der Waals surface area (Å²) in [5.74, 6) is 0. The number of hydrogen-bond acceptors (Lipinski definition) is 4. The van der Waals surface area contributed by atoms with Crippen molar-refractivity contribution in [3.8, 4) is 0 Å². The van der Waals surface area contributed by atoms with Gasteiger partial charge in [0.2, 0.25) is 0 Å². The Labute approximate surface area is 140 Å². The van der Waals surface area contributed by atoms with Crippen molar-refractivity contribution in [2.24, 2.45) is 0 Å². The molecule has 1 aromatic heterocycles. The zero-order valence-corrected chi connectivity index (χ0v) is 14.2. The molecule has 0 saturated heterocycles. The summed E-state index contributed by atoms with van der Waals surface area (Å²) >= 11 is 1.52. The number of methoxy groups -OCH3 is 1. The number of carbonyl (C=O) groups is 1. The number of carbonyl (C=O) groups excluding carboxylic acids is 1. The Kier molecular flexibility index (Phi) is 6.15. The van der Waals surface area contributed by atoms with Crippen LogP contribution in [0, 0.1) is 0 Å². The average molecular weight is 334 g/mol. The van der Waals surface area contributed by atoms with Gasteiger partial charge in [0.15, 0.2) is 0 Å². The molecule has 3 N–H and O–H groups in total. The van der Waals surface area contributed by atoms with E-state index in [-0.39, 0.29) is 12.6 Å². The molecule has 1 atom stereocenters. The fourth-order valence-corrected chi connectivity index (χ4v) is 2.87. The number of thiophene rings is 1. The minimum atomic E-state index is -1.07. The Bertz CT molecular complexity index is 609. The lowest BCUT2D eigenvalue weighted by atomic mass is 9.99. The van der Waals surface area contributed by atoms with Crippen LogP contribution in [0.3, 0.4) is 0 Å². The third-order valence-corrected chi connectivity index (χ3v) is 4.21. The maximum absolute atomic E-state index is 11.9. The van der Waals surface area contributed by atoms with Crippen LogP contribution in [0.4, 0.5) is 4.79 Å². The number of ether oxygens (including phenoxy) is 1. The first-order valence-electron chi connectivity index (χ1n) is 7.35.